The highest BCUT2D eigenvalue weighted by Gasteiger charge is 2.20. The molecule has 1 aliphatic carbocycles. The Hall–Kier alpha value is -1.55. The van der Waals surface area contributed by atoms with Crippen LogP contribution in [0.1, 0.15) is 50.3 Å². The van der Waals surface area contributed by atoms with Crippen LogP contribution in [-0.2, 0) is 11.2 Å². The fraction of sp³-hybridized carbons (Fsp3) is 0.611. The normalized spacial score (nSPS) is 17.1. The predicted molar refractivity (Wildman–Crippen MR) is 88.9 cm³/mol. The van der Waals surface area contributed by atoms with Gasteiger partial charge in [-0.05, 0) is 42.7 Å². The van der Waals surface area contributed by atoms with E-state index in [9.17, 15) is 4.79 Å². The van der Waals surface area contributed by atoms with Crippen molar-refractivity contribution in [3.8, 4) is 0 Å². The number of fused-ring (bicyclic) bond motifs is 1. The summed E-state index contributed by atoms with van der Waals surface area (Å²) in [5, 5.41) is 6.01. The second-order valence-corrected chi connectivity index (χ2v) is 6.37. The largest absolute Gasteiger partial charge is 0.381 e. The molecule has 0 saturated heterocycles. The molecule has 1 atom stereocenters. The summed E-state index contributed by atoms with van der Waals surface area (Å²) in [6.45, 7) is 6.40. The van der Waals surface area contributed by atoms with E-state index in [2.05, 4.69) is 42.7 Å². The van der Waals surface area contributed by atoms with E-state index in [-0.39, 0.29) is 12.1 Å². The number of carbonyl (C=O) groups excluding carboxylic acids is 1. The molecule has 0 aromatic heterocycles. The third kappa shape index (κ3) is 5.34. The Morgan fingerprint density at radius 1 is 1.36 bits per heavy atom. The average Bonchev–Trinajstić information content (AvgIpc) is 2.51. The van der Waals surface area contributed by atoms with Gasteiger partial charge in [0.2, 0.25) is 0 Å². The molecule has 4 nitrogen and oxygen atoms in total. The number of carbonyl (C=O) groups is 1. The summed E-state index contributed by atoms with van der Waals surface area (Å²) < 4.78 is 5.50. The zero-order chi connectivity index (χ0) is 15.8. The van der Waals surface area contributed by atoms with Crippen LogP contribution in [0.15, 0.2) is 24.3 Å². The summed E-state index contributed by atoms with van der Waals surface area (Å²) in [6, 6.07) is 8.46. The minimum Gasteiger partial charge on any atom is -0.381 e. The van der Waals surface area contributed by atoms with Gasteiger partial charge >= 0.3 is 6.03 Å². The molecule has 1 aliphatic rings. The van der Waals surface area contributed by atoms with Gasteiger partial charge in [0.15, 0.2) is 0 Å². The van der Waals surface area contributed by atoms with E-state index >= 15 is 0 Å². The number of nitrogens with one attached hydrogen (secondary N) is 2. The molecule has 0 bridgehead atoms. The Bertz CT molecular complexity index is 474. The third-order valence-electron chi connectivity index (χ3n) is 3.88. The lowest BCUT2D eigenvalue weighted by molar-refractivity contribution is 0.108. The first-order valence-electron chi connectivity index (χ1n) is 8.36. The van der Waals surface area contributed by atoms with E-state index in [0.717, 1.165) is 32.3 Å². The zero-order valence-corrected chi connectivity index (χ0v) is 13.7. The Labute approximate surface area is 133 Å². The van der Waals surface area contributed by atoms with Crippen LogP contribution in [0.2, 0.25) is 0 Å². The highest BCUT2D eigenvalue weighted by molar-refractivity contribution is 5.74. The number of rotatable bonds is 7. The molecule has 0 aliphatic heterocycles. The Morgan fingerprint density at radius 2 is 2.18 bits per heavy atom. The molecule has 1 aromatic rings. The Balaban J connectivity index is 1.68. The van der Waals surface area contributed by atoms with Crippen molar-refractivity contribution in [1.29, 1.82) is 0 Å². The second kappa shape index (κ2) is 8.79. The van der Waals surface area contributed by atoms with Gasteiger partial charge < -0.3 is 15.4 Å². The van der Waals surface area contributed by atoms with Gasteiger partial charge in [0, 0.05) is 19.8 Å². The maximum Gasteiger partial charge on any atom is 0.315 e. The fourth-order valence-electron chi connectivity index (χ4n) is 2.81. The monoisotopic (exact) mass is 304 g/mol. The number of aryl methyl sites for hydroxylation is 1. The van der Waals surface area contributed by atoms with Gasteiger partial charge in [-0.3, -0.25) is 0 Å². The smallest absolute Gasteiger partial charge is 0.315 e. The van der Waals surface area contributed by atoms with Crippen molar-refractivity contribution < 1.29 is 9.53 Å². The molecule has 0 radical (unpaired) electrons. The van der Waals surface area contributed by atoms with Crippen LogP contribution in [0, 0.1) is 5.92 Å². The van der Waals surface area contributed by atoms with Gasteiger partial charge in [0.25, 0.3) is 0 Å². The fourth-order valence-corrected chi connectivity index (χ4v) is 2.81. The maximum absolute atomic E-state index is 12.0. The molecule has 4 heteroatoms. The molecule has 122 valence electrons. The van der Waals surface area contributed by atoms with Crippen molar-refractivity contribution in [3.05, 3.63) is 35.4 Å². The van der Waals surface area contributed by atoms with Crippen molar-refractivity contribution in [1.82, 2.24) is 10.6 Å². The zero-order valence-electron chi connectivity index (χ0n) is 13.7. The minimum atomic E-state index is -0.0782. The van der Waals surface area contributed by atoms with Crippen LogP contribution < -0.4 is 10.6 Å². The van der Waals surface area contributed by atoms with Crippen molar-refractivity contribution in [2.24, 2.45) is 5.92 Å². The van der Waals surface area contributed by atoms with Crippen molar-refractivity contribution in [2.45, 2.75) is 45.6 Å². The summed E-state index contributed by atoms with van der Waals surface area (Å²) in [5.74, 6) is 0.558. The van der Waals surface area contributed by atoms with E-state index in [4.69, 9.17) is 4.74 Å². The second-order valence-electron chi connectivity index (χ2n) is 6.37. The molecule has 0 saturated carbocycles. The SMILES string of the molecule is CC(C)COCCCNC(=O)NC1CCCc2ccccc21. The maximum atomic E-state index is 12.0. The first-order chi connectivity index (χ1) is 10.7. The molecule has 1 unspecified atom stereocenters. The molecule has 2 rings (SSSR count). The summed E-state index contributed by atoms with van der Waals surface area (Å²) in [6.07, 6.45) is 4.11. The average molecular weight is 304 g/mol. The van der Waals surface area contributed by atoms with Gasteiger partial charge in [-0.1, -0.05) is 38.1 Å². The molecule has 0 heterocycles. The summed E-state index contributed by atoms with van der Waals surface area (Å²) in [5.41, 5.74) is 2.63. The lowest BCUT2D eigenvalue weighted by Crippen LogP contribution is -2.39. The Morgan fingerprint density at radius 3 is 3.00 bits per heavy atom. The molecule has 2 amide bonds. The number of ether oxygens (including phenoxy) is 1. The van der Waals surface area contributed by atoms with E-state index in [1.807, 2.05) is 6.07 Å². The quantitative estimate of drug-likeness (QED) is 0.758. The van der Waals surface area contributed by atoms with E-state index in [0.29, 0.717) is 19.1 Å². The van der Waals surface area contributed by atoms with E-state index in [1.165, 1.54) is 11.1 Å². The molecule has 22 heavy (non-hydrogen) atoms. The van der Waals surface area contributed by atoms with E-state index < -0.39 is 0 Å². The lowest BCUT2D eigenvalue weighted by atomic mass is 9.88. The highest BCUT2D eigenvalue weighted by atomic mass is 16.5. The third-order valence-corrected chi connectivity index (χ3v) is 3.88. The van der Waals surface area contributed by atoms with Gasteiger partial charge in [0.05, 0.1) is 6.04 Å². The lowest BCUT2D eigenvalue weighted by Gasteiger charge is -2.26. The summed E-state index contributed by atoms with van der Waals surface area (Å²) in [7, 11) is 0. The van der Waals surface area contributed by atoms with E-state index in [1.54, 1.807) is 0 Å². The van der Waals surface area contributed by atoms with Crippen LogP contribution in [0.4, 0.5) is 4.79 Å². The highest BCUT2D eigenvalue weighted by Crippen LogP contribution is 2.29. The summed E-state index contributed by atoms with van der Waals surface area (Å²) in [4.78, 5) is 12.0. The summed E-state index contributed by atoms with van der Waals surface area (Å²) >= 11 is 0. The molecular formula is C18H28N2O2. The van der Waals surface area contributed by atoms with Crippen LogP contribution in [0.25, 0.3) is 0 Å². The van der Waals surface area contributed by atoms with Gasteiger partial charge in [-0.2, -0.15) is 0 Å². The standard InChI is InChI=1S/C18H28N2O2/c1-14(2)13-22-12-6-11-19-18(21)20-17-10-5-8-15-7-3-4-9-16(15)17/h3-4,7,9,14,17H,5-6,8,10-13H2,1-2H3,(H2,19,20,21). The van der Waals surface area contributed by atoms with Gasteiger partial charge in [0.1, 0.15) is 0 Å². The van der Waals surface area contributed by atoms with Gasteiger partial charge in [-0.25, -0.2) is 4.79 Å². The molecule has 0 fully saturated rings. The number of urea groups is 1. The van der Waals surface area contributed by atoms with Crippen LogP contribution in [0.3, 0.4) is 0 Å². The molecule has 1 aromatic carbocycles. The number of benzene rings is 1. The van der Waals surface area contributed by atoms with Crippen LogP contribution >= 0.6 is 0 Å². The first kappa shape index (κ1) is 16.8. The van der Waals surface area contributed by atoms with Crippen molar-refractivity contribution in [2.75, 3.05) is 19.8 Å². The number of hydrogen-bond donors (Lipinski definition) is 2. The first-order valence-corrected chi connectivity index (χ1v) is 8.36. The molecule has 2 N–H and O–H groups in total. The van der Waals surface area contributed by atoms with Crippen molar-refractivity contribution in [3.63, 3.8) is 0 Å². The van der Waals surface area contributed by atoms with Gasteiger partial charge in [-0.15, -0.1) is 0 Å². The number of amides is 2. The molecule has 0 spiro atoms. The molecular weight excluding hydrogens is 276 g/mol. The Kier molecular flexibility index (Phi) is 6.72. The predicted octanol–water partition coefficient (Wildman–Crippen LogP) is 3.43. The topological polar surface area (TPSA) is 50.4 Å². The number of hydrogen-bond acceptors (Lipinski definition) is 2. The van der Waals surface area contributed by atoms with Crippen LogP contribution in [-0.4, -0.2) is 25.8 Å². The minimum absolute atomic E-state index is 0.0782. The van der Waals surface area contributed by atoms with Crippen LogP contribution in [0.5, 0.6) is 0 Å². The van der Waals surface area contributed by atoms with Crippen molar-refractivity contribution >= 4 is 6.03 Å².